The number of nitrogens with two attached hydrogens (primary N) is 1. The molecule has 20 heavy (non-hydrogen) atoms. The quantitative estimate of drug-likeness (QED) is 0.818. The second-order valence-corrected chi connectivity index (χ2v) is 4.31. The number of hydrogen-bond donors (Lipinski definition) is 2. The lowest BCUT2D eigenvalue weighted by Gasteiger charge is -2.10. The van der Waals surface area contributed by atoms with Crippen molar-refractivity contribution < 1.29 is 14.1 Å². The summed E-state index contributed by atoms with van der Waals surface area (Å²) in [7, 11) is 1.31. The largest absolute Gasteiger partial charge is 0.465 e. The molecule has 2 heterocycles. The summed E-state index contributed by atoms with van der Waals surface area (Å²) in [5.41, 5.74) is 8.05. The highest BCUT2D eigenvalue weighted by Crippen LogP contribution is 2.19. The first-order chi connectivity index (χ1) is 9.52. The number of carbonyl (C=O) groups is 1. The average Bonchev–Trinajstić information content (AvgIpc) is 2.76. The minimum atomic E-state index is -0.494. The molecule has 3 N–H and O–H groups in total. The Morgan fingerprint density at radius 2 is 2.25 bits per heavy atom. The van der Waals surface area contributed by atoms with Crippen molar-refractivity contribution in [1.82, 2.24) is 10.1 Å². The van der Waals surface area contributed by atoms with Crippen LogP contribution < -0.4 is 11.1 Å². The second-order valence-electron chi connectivity index (χ2n) is 4.31. The second kappa shape index (κ2) is 5.60. The van der Waals surface area contributed by atoms with Gasteiger partial charge >= 0.3 is 5.97 Å². The molecule has 0 bridgehead atoms. The molecule has 2 aromatic heterocycles. The molecule has 0 saturated heterocycles. The zero-order valence-corrected chi connectivity index (χ0v) is 11.6. The van der Waals surface area contributed by atoms with Crippen LogP contribution in [0.25, 0.3) is 0 Å². The number of nitrogens with one attached hydrogen (secondary N) is 1. The maximum Gasteiger partial charge on any atom is 0.341 e. The number of esters is 1. The van der Waals surface area contributed by atoms with Gasteiger partial charge in [-0.05, 0) is 19.9 Å². The normalized spacial score (nSPS) is 10.3. The van der Waals surface area contributed by atoms with E-state index in [-0.39, 0.29) is 0 Å². The molecule has 0 atom stereocenters. The Hall–Kier alpha value is -2.57. The van der Waals surface area contributed by atoms with Crippen LogP contribution in [0.4, 0.5) is 11.5 Å². The Morgan fingerprint density at radius 3 is 2.85 bits per heavy atom. The number of methoxy groups -OCH3 is 1. The van der Waals surface area contributed by atoms with Crippen LogP contribution in [0.1, 0.15) is 27.4 Å². The van der Waals surface area contributed by atoms with Crippen molar-refractivity contribution in [3.63, 3.8) is 0 Å². The molecule has 0 aliphatic rings. The monoisotopic (exact) mass is 276 g/mol. The van der Waals surface area contributed by atoms with Crippen molar-refractivity contribution in [1.29, 1.82) is 0 Å². The number of nitrogens with zero attached hydrogens (tertiary/aromatic N) is 2. The van der Waals surface area contributed by atoms with Crippen LogP contribution in [0.15, 0.2) is 16.8 Å². The lowest BCUT2D eigenvalue weighted by molar-refractivity contribution is 0.0601. The third-order valence-electron chi connectivity index (χ3n) is 2.93. The number of ether oxygens (including phenoxy) is 1. The first kappa shape index (κ1) is 13.9. The third-order valence-corrected chi connectivity index (χ3v) is 2.93. The Morgan fingerprint density at radius 1 is 1.50 bits per heavy atom. The molecule has 0 saturated carbocycles. The van der Waals surface area contributed by atoms with E-state index in [1.54, 1.807) is 0 Å². The zero-order chi connectivity index (χ0) is 14.7. The van der Waals surface area contributed by atoms with E-state index in [1.165, 1.54) is 19.4 Å². The summed E-state index contributed by atoms with van der Waals surface area (Å²) in [6.07, 6.45) is 1.47. The molecular weight excluding hydrogens is 260 g/mol. The molecular formula is C13H16N4O3. The number of hydrogen-bond acceptors (Lipinski definition) is 7. The number of aryl methyl sites for hydroxylation is 2. The highest BCUT2D eigenvalue weighted by Gasteiger charge is 2.15. The van der Waals surface area contributed by atoms with Gasteiger partial charge in [0, 0.05) is 12.1 Å². The standard InChI is InChI=1S/C13H16N4O3/c1-7-11(8(2)20-17-7)6-16-12-10(13(18)19-3)4-9(14)5-15-12/h4-5H,6,14H2,1-3H3,(H,15,16). The van der Waals surface area contributed by atoms with Crippen molar-refractivity contribution in [2.45, 2.75) is 20.4 Å². The minimum absolute atomic E-state index is 0.291. The summed E-state index contributed by atoms with van der Waals surface area (Å²) in [6.45, 7) is 4.13. The molecule has 0 spiro atoms. The van der Waals surface area contributed by atoms with Crippen molar-refractivity contribution in [3.8, 4) is 0 Å². The summed E-state index contributed by atoms with van der Waals surface area (Å²) < 4.78 is 9.79. The number of carbonyl (C=O) groups excluding carboxylic acids is 1. The van der Waals surface area contributed by atoms with Gasteiger partial charge in [0.1, 0.15) is 17.1 Å². The molecule has 0 amide bonds. The molecule has 0 radical (unpaired) electrons. The van der Waals surface area contributed by atoms with Crippen LogP contribution in [0.3, 0.4) is 0 Å². The predicted octanol–water partition coefficient (Wildman–Crippen LogP) is 1.67. The van der Waals surface area contributed by atoms with E-state index in [1.807, 2.05) is 13.8 Å². The SMILES string of the molecule is COC(=O)c1cc(N)cnc1NCc1c(C)noc1C. The molecule has 0 aliphatic carbocycles. The van der Waals surface area contributed by atoms with Crippen LogP contribution in [0.5, 0.6) is 0 Å². The van der Waals surface area contributed by atoms with Crippen LogP contribution in [0.2, 0.25) is 0 Å². The van der Waals surface area contributed by atoms with E-state index in [0.717, 1.165) is 17.0 Å². The number of pyridine rings is 1. The Balaban J connectivity index is 2.23. The van der Waals surface area contributed by atoms with Crippen LogP contribution in [0, 0.1) is 13.8 Å². The Bertz CT molecular complexity index is 617. The van der Waals surface area contributed by atoms with Gasteiger partial charge < -0.3 is 20.3 Å². The van der Waals surface area contributed by atoms with Crippen LogP contribution >= 0.6 is 0 Å². The van der Waals surface area contributed by atoms with E-state index in [0.29, 0.717) is 23.6 Å². The summed E-state index contributed by atoms with van der Waals surface area (Å²) in [4.78, 5) is 15.8. The van der Waals surface area contributed by atoms with Gasteiger partial charge in [-0.1, -0.05) is 5.16 Å². The fourth-order valence-corrected chi connectivity index (χ4v) is 1.81. The van der Waals surface area contributed by atoms with Gasteiger partial charge in [0.05, 0.1) is 24.7 Å². The fourth-order valence-electron chi connectivity index (χ4n) is 1.81. The minimum Gasteiger partial charge on any atom is -0.465 e. The smallest absolute Gasteiger partial charge is 0.341 e. The highest BCUT2D eigenvalue weighted by atomic mass is 16.5. The molecule has 0 fully saturated rings. The van der Waals surface area contributed by atoms with Crippen molar-refractivity contribution >= 4 is 17.5 Å². The Kier molecular flexibility index (Phi) is 3.88. The maximum atomic E-state index is 11.7. The zero-order valence-electron chi connectivity index (χ0n) is 11.6. The molecule has 7 heteroatoms. The summed E-state index contributed by atoms with van der Waals surface area (Å²) in [6, 6.07) is 1.52. The Labute approximate surface area is 116 Å². The van der Waals surface area contributed by atoms with Crippen molar-refractivity contribution in [3.05, 3.63) is 34.8 Å². The molecule has 2 rings (SSSR count). The molecule has 106 valence electrons. The van der Waals surface area contributed by atoms with Gasteiger partial charge in [-0.15, -0.1) is 0 Å². The fraction of sp³-hybridized carbons (Fsp3) is 0.308. The number of rotatable bonds is 4. The van der Waals surface area contributed by atoms with Crippen molar-refractivity contribution in [2.75, 3.05) is 18.2 Å². The lowest BCUT2D eigenvalue weighted by Crippen LogP contribution is -2.11. The van der Waals surface area contributed by atoms with Gasteiger partial charge in [0.25, 0.3) is 0 Å². The van der Waals surface area contributed by atoms with Crippen LogP contribution in [-0.2, 0) is 11.3 Å². The molecule has 0 unspecified atom stereocenters. The van der Waals surface area contributed by atoms with E-state index >= 15 is 0 Å². The third kappa shape index (κ3) is 2.71. The van der Waals surface area contributed by atoms with E-state index in [4.69, 9.17) is 15.0 Å². The number of aromatic nitrogens is 2. The lowest BCUT2D eigenvalue weighted by atomic mass is 10.2. The van der Waals surface area contributed by atoms with Gasteiger partial charge in [0.2, 0.25) is 0 Å². The number of anilines is 2. The molecule has 0 aromatic carbocycles. The molecule has 0 aliphatic heterocycles. The van der Waals surface area contributed by atoms with Gasteiger partial charge in [-0.2, -0.15) is 0 Å². The summed E-state index contributed by atoms with van der Waals surface area (Å²) in [5, 5.41) is 6.94. The van der Waals surface area contributed by atoms with Gasteiger partial charge in [-0.3, -0.25) is 0 Å². The maximum absolute atomic E-state index is 11.7. The predicted molar refractivity (Wildman–Crippen MR) is 73.3 cm³/mol. The summed E-state index contributed by atoms with van der Waals surface area (Å²) in [5.74, 6) is 0.641. The average molecular weight is 276 g/mol. The highest BCUT2D eigenvalue weighted by molar-refractivity contribution is 5.95. The van der Waals surface area contributed by atoms with Gasteiger partial charge in [-0.25, -0.2) is 9.78 Å². The van der Waals surface area contributed by atoms with Crippen molar-refractivity contribution in [2.24, 2.45) is 0 Å². The summed E-state index contributed by atoms with van der Waals surface area (Å²) >= 11 is 0. The van der Waals surface area contributed by atoms with Gasteiger partial charge in [0.15, 0.2) is 0 Å². The van der Waals surface area contributed by atoms with E-state index < -0.39 is 5.97 Å². The first-order valence-electron chi connectivity index (χ1n) is 6.02. The topological polar surface area (TPSA) is 103 Å². The van der Waals surface area contributed by atoms with E-state index in [9.17, 15) is 4.79 Å². The first-order valence-corrected chi connectivity index (χ1v) is 6.02. The van der Waals surface area contributed by atoms with E-state index in [2.05, 4.69) is 15.5 Å². The molecule has 2 aromatic rings. The van der Waals surface area contributed by atoms with Crippen LogP contribution in [-0.4, -0.2) is 23.2 Å². The number of nitrogen functional groups attached to an aromatic ring is 1. The molecule has 7 nitrogen and oxygen atoms in total.